The van der Waals surface area contributed by atoms with E-state index in [9.17, 15) is 40.5 Å². The molecule has 3 aromatic heterocycles. The van der Waals surface area contributed by atoms with E-state index in [0.717, 1.165) is 12.1 Å². The number of hydrogen-bond donors (Lipinski definition) is 2. The first-order chi connectivity index (χ1) is 17.1. The standard InChI is InChI=1S/C20H10N8O8.Co/c29-25(30)15-8-13-6-11-2-1-9(21-11)5-10-3-4-12(22-10)7-14-18(26(31)32)20(28(35)36)17(24-14)19(27(33)34)16(15)23-13;/h1-8,21,24H;/q;+2. The van der Waals surface area contributed by atoms with Crippen molar-refractivity contribution in [1.29, 1.82) is 0 Å². The van der Waals surface area contributed by atoms with Crippen molar-refractivity contribution in [3.63, 3.8) is 0 Å². The number of hydrogen-bond acceptors (Lipinski definition) is 10. The van der Waals surface area contributed by atoms with Crippen LogP contribution in [-0.2, 0) is 16.8 Å². The Labute approximate surface area is 213 Å². The van der Waals surface area contributed by atoms with Gasteiger partial charge in [-0.15, -0.1) is 0 Å². The SMILES string of the molecule is O=[N+]([O-])C1=Cc2cc3ccc(cc4nc(cc5[nH]c(c([N+](=O)[O-])c1n2)c([N+](=O)[O-])c5[N+](=O)[O-])C=C4)[nH]3.[Co+2]. The van der Waals surface area contributed by atoms with E-state index in [-0.39, 0.29) is 28.2 Å². The molecule has 2 N–H and O–H groups in total. The van der Waals surface area contributed by atoms with Gasteiger partial charge in [-0.25, -0.2) is 9.97 Å². The fourth-order valence-corrected chi connectivity index (χ4v) is 3.87. The van der Waals surface area contributed by atoms with E-state index in [2.05, 4.69) is 19.9 Å². The first kappa shape index (κ1) is 24.8. The first-order valence-electron chi connectivity index (χ1n) is 9.88. The maximum absolute atomic E-state index is 12.1. The van der Waals surface area contributed by atoms with Crippen LogP contribution in [0.5, 0.6) is 0 Å². The van der Waals surface area contributed by atoms with Gasteiger partial charge in [-0.1, -0.05) is 0 Å². The van der Waals surface area contributed by atoms with Crippen LogP contribution in [0.1, 0.15) is 22.8 Å². The summed E-state index contributed by atoms with van der Waals surface area (Å²) in [6.07, 6.45) is 4.05. The summed E-state index contributed by atoms with van der Waals surface area (Å²) >= 11 is 0. The van der Waals surface area contributed by atoms with Gasteiger partial charge in [0.1, 0.15) is 5.52 Å². The summed E-state index contributed by atoms with van der Waals surface area (Å²) in [5.74, 6) is 0. The Bertz CT molecular complexity index is 1770. The number of H-pyrrole nitrogens is 2. The van der Waals surface area contributed by atoms with E-state index in [1.54, 1.807) is 24.3 Å². The number of nitrogens with zero attached hydrogens (tertiary/aromatic N) is 6. The van der Waals surface area contributed by atoms with Crippen molar-refractivity contribution in [3.05, 3.63) is 93.6 Å². The minimum absolute atomic E-state index is 0. The third-order valence-electron chi connectivity index (χ3n) is 5.26. The second-order valence-corrected chi connectivity index (χ2v) is 7.50. The second-order valence-electron chi connectivity index (χ2n) is 7.50. The molecule has 0 spiro atoms. The molecule has 0 fully saturated rings. The summed E-state index contributed by atoms with van der Waals surface area (Å²) in [5, 5.41) is 47.5. The van der Waals surface area contributed by atoms with Crippen molar-refractivity contribution >= 4 is 63.1 Å². The molecule has 1 radical (unpaired) electrons. The summed E-state index contributed by atoms with van der Waals surface area (Å²) < 4.78 is 0. The zero-order chi connectivity index (χ0) is 25.7. The van der Waals surface area contributed by atoms with Gasteiger partial charge in [-0.3, -0.25) is 40.5 Å². The zero-order valence-corrected chi connectivity index (χ0v) is 18.9. The Balaban J connectivity index is 0.00000320. The van der Waals surface area contributed by atoms with Crippen LogP contribution >= 0.6 is 0 Å². The number of aromatic amines is 2. The van der Waals surface area contributed by atoms with Gasteiger partial charge >= 0.3 is 39.5 Å². The normalized spacial score (nSPS) is 11.9. The molecule has 0 saturated carbocycles. The third-order valence-corrected chi connectivity index (χ3v) is 5.26. The Morgan fingerprint density at radius 2 is 1.22 bits per heavy atom. The number of nitro groups is 4. The predicted octanol–water partition coefficient (Wildman–Crippen LogP) is 3.98. The van der Waals surface area contributed by atoms with Crippen molar-refractivity contribution < 1.29 is 36.5 Å². The van der Waals surface area contributed by atoms with Gasteiger partial charge in [0.2, 0.25) is 11.2 Å². The van der Waals surface area contributed by atoms with Crippen LogP contribution in [0.25, 0.3) is 46.0 Å². The van der Waals surface area contributed by atoms with Gasteiger partial charge in [0.05, 0.1) is 36.8 Å². The van der Waals surface area contributed by atoms with Gasteiger partial charge in [0.15, 0.2) is 0 Å². The van der Waals surface area contributed by atoms with Crippen molar-refractivity contribution in [1.82, 2.24) is 19.9 Å². The quantitative estimate of drug-likeness (QED) is 0.274. The van der Waals surface area contributed by atoms with Gasteiger partial charge in [-0.05, 0) is 42.5 Å². The molecule has 3 aromatic rings. The maximum atomic E-state index is 12.1. The predicted molar refractivity (Wildman–Crippen MR) is 125 cm³/mol. The molecule has 16 nitrogen and oxygen atoms in total. The number of nitrogens with one attached hydrogen (secondary N) is 2. The van der Waals surface area contributed by atoms with Crippen molar-refractivity contribution in [2.45, 2.75) is 0 Å². The Morgan fingerprint density at radius 3 is 1.78 bits per heavy atom. The summed E-state index contributed by atoms with van der Waals surface area (Å²) in [6.45, 7) is 0. The summed E-state index contributed by atoms with van der Waals surface area (Å²) in [7, 11) is 0. The number of fused-ring (bicyclic) bond motifs is 8. The molecule has 0 aliphatic carbocycles. The Morgan fingerprint density at radius 1 is 0.649 bits per heavy atom. The molecular formula is C20H10CoN8O8+2. The van der Waals surface area contributed by atoms with Crippen LogP contribution in [0.2, 0.25) is 0 Å². The Kier molecular flexibility index (Phi) is 6.07. The van der Waals surface area contributed by atoms with Crippen molar-refractivity contribution in [2.75, 3.05) is 0 Å². The van der Waals surface area contributed by atoms with Crippen LogP contribution in [0.4, 0.5) is 17.1 Å². The molecule has 17 heteroatoms. The van der Waals surface area contributed by atoms with Gasteiger partial charge in [-0.2, -0.15) is 0 Å². The largest absolute Gasteiger partial charge is 2.00 e. The number of rotatable bonds is 4. The molecule has 0 atom stereocenters. The monoisotopic (exact) mass is 549 g/mol. The fraction of sp³-hybridized carbons (Fsp3) is 0. The minimum atomic E-state index is -1.24. The molecule has 37 heavy (non-hydrogen) atoms. The van der Waals surface area contributed by atoms with Crippen LogP contribution < -0.4 is 0 Å². The molecule has 2 aliphatic rings. The summed E-state index contributed by atoms with van der Waals surface area (Å²) in [4.78, 5) is 56.8. The summed E-state index contributed by atoms with van der Waals surface area (Å²) in [6, 6.07) is 7.49. The maximum Gasteiger partial charge on any atom is 2.00 e. The molecule has 2 aliphatic heterocycles. The third kappa shape index (κ3) is 4.30. The molecule has 0 amide bonds. The van der Waals surface area contributed by atoms with E-state index in [1.165, 1.54) is 12.1 Å². The van der Waals surface area contributed by atoms with Gasteiger partial charge < -0.3 is 9.97 Å². The van der Waals surface area contributed by atoms with Crippen molar-refractivity contribution in [3.8, 4) is 0 Å². The Hall–Kier alpha value is -5.29. The van der Waals surface area contributed by atoms with Gasteiger partial charge in [0.25, 0.3) is 0 Å². The topological polar surface area (TPSA) is 230 Å². The number of aromatic nitrogens is 4. The molecule has 0 saturated heterocycles. The molecule has 0 aromatic carbocycles. The molecule has 0 unspecified atom stereocenters. The molecule has 8 bridgehead atoms. The molecular weight excluding hydrogens is 539 g/mol. The summed E-state index contributed by atoms with van der Waals surface area (Å²) in [5.41, 5.74) is -4.84. The second kappa shape index (κ2) is 9.05. The van der Waals surface area contributed by atoms with Crippen LogP contribution in [0.3, 0.4) is 0 Å². The average molecular weight is 549 g/mol. The zero-order valence-electron chi connectivity index (χ0n) is 17.9. The van der Waals surface area contributed by atoms with Gasteiger partial charge in [0, 0.05) is 17.1 Å². The fourth-order valence-electron chi connectivity index (χ4n) is 3.87. The van der Waals surface area contributed by atoms with E-state index in [0.29, 0.717) is 16.7 Å². The van der Waals surface area contributed by atoms with E-state index >= 15 is 0 Å². The van der Waals surface area contributed by atoms with Crippen molar-refractivity contribution in [2.24, 2.45) is 0 Å². The van der Waals surface area contributed by atoms with E-state index in [1.807, 2.05) is 0 Å². The minimum Gasteiger partial charge on any atom is -0.355 e. The van der Waals surface area contributed by atoms with E-state index < -0.39 is 59.2 Å². The average Bonchev–Trinajstić information content (AvgIpc) is 3.56. The molecule has 5 heterocycles. The first-order valence-corrected chi connectivity index (χ1v) is 9.88. The smallest absolute Gasteiger partial charge is 0.355 e. The van der Waals surface area contributed by atoms with E-state index in [4.69, 9.17) is 0 Å². The molecule has 185 valence electrons. The van der Waals surface area contributed by atoms with Crippen LogP contribution in [0, 0.1) is 40.5 Å². The van der Waals surface area contributed by atoms with Crippen LogP contribution in [-0.4, -0.2) is 39.6 Å². The van der Waals surface area contributed by atoms with Crippen LogP contribution in [0.15, 0.2) is 30.3 Å². The molecule has 5 rings (SSSR count).